The molecule has 2 aromatic rings. The van der Waals surface area contributed by atoms with Crippen LogP contribution >= 0.6 is 24.0 Å². The van der Waals surface area contributed by atoms with Crippen molar-refractivity contribution in [2.75, 3.05) is 6.54 Å². The molecule has 1 aliphatic rings. The molecule has 0 atom stereocenters. The molecule has 0 saturated carbocycles. The smallest absolute Gasteiger partial charge is 0.303 e. The summed E-state index contributed by atoms with van der Waals surface area (Å²) >= 11 is 6.47. The Morgan fingerprint density at radius 3 is 2.69 bits per heavy atom. The van der Waals surface area contributed by atoms with Crippen LogP contribution in [0.4, 0.5) is 4.79 Å². The molecular weight excluding hydrogens is 370 g/mol. The molecule has 1 aromatic heterocycles. The number of carboxylic acid groups (broad SMARTS) is 1. The number of carbonyl (C=O) groups is 2. The minimum absolute atomic E-state index is 0.0965. The Morgan fingerprint density at radius 2 is 1.96 bits per heavy atom. The van der Waals surface area contributed by atoms with E-state index in [9.17, 15) is 9.59 Å². The van der Waals surface area contributed by atoms with E-state index >= 15 is 0 Å². The van der Waals surface area contributed by atoms with E-state index in [-0.39, 0.29) is 11.7 Å². The van der Waals surface area contributed by atoms with Crippen LogP contribution in [0.2, 0.25) is 0 Å². The highest BCUT2D eigenvalue weighted by atomic mass is 32.2. The number of rotatable bonds is 7. The zero-order valence-corrected chi connectivity index (χ0v) is 15.5. The van der Waals surface area contributed by atoms with E-state index in [0.717, 1.165) is 23.1 Å². The molecule has 1 saturated heterocycles. The topological polar surface area (TPSA) is 70.8 Å². The van der Waals surface area contributed by atoms with E-state index in [1.54, 1.807) is 6.08 Å². The average molecular weight is 387 g/mol. The van der Waals surface area contributed by atoms with Gasteiger partial charge in [0.1, 0.15) is 16.5 Å². The molecule has 5 nitrogen and oxygen atoms in total. The Bertz CT molecular complexity index is 857. The molecule has 0 unspecified atom stereocenters. The SMILES string of the molecule is O=C(O)CCCCN1C(=O)SC(=Cc2ccc(-c3ccccc3)o2)C1=S. The molecular formula is C19H17NO4S2. The third-order valence-electron chi connectivity index (χ3n) is 3.85. The normalized spacial score (nSPS) is 15.8. The maximum Gasteiger partial charge on any atom is 0.303 e. The van der Waals surface area contributed by atoms with Crippen molar-refractivity contribution in [3.8, 4) is 11.3 Å². The lowest BCUT2D eigenvalue weighted by Crippen LogP contribution is -2.28. The van der Waals surface area contributed by atoms with Crippen molar-refractivity contribution in [2.24, 2.45) is 0 Å². The molecule has 1 aliphatic heterocycles. The van der Waals surface area contributed by atoms with Gasteiger partial charge in [0.15, 0.2) is 0 Å². The largest absolute Gasteiger partial charge is 0.481 e. The second-order valence-electron chi connectivity index (χ2n) is 5.75. The second-order valence-corrected chi connectivity index (χ2v) is 7.13. The highest BCUT2D eigenvalue weighted by Gasteiger charge is 2.31. The Balaban J connectivity index is 1.66. The van der Waals surface area contributed by atoms with Gasteiger partial charge in [-0.2, -0.15) is 0 Å². The molecule has 2 heterocycles. The van der Waals surface area contributed by atoms with Gasteiger partial charge in [0, 0.05) is 18.5 Å². The summed E-state index contributed by atoms with van der Waals surface area (Å²) in [6, 6.07) is 13.5. The maximum absolute atomic E-state index is 12.2. The number of thioether (sulfide) groups is 1. The monoisotopic (exact) mass is 387 g/mol. The van der Waals surface area contributed by atoms with E-state index in [4.69, 9.17) is 21.7 Å². The van der Waals surface area contributed by atoms with Crippen LogP contribution in [0.3, 0.4) is 0 Å². The van der Waals surface area contributed by atoms with Gasteiger partial charge in [0.25, 0.3) is 5.24 Å². The van der Waals surface area contributed by atoms with E-state index < -0.39 is 5.97 Å². The first-order valence-electron chi connectivity index (χ1n) is 8.17. The average Bonchev–Trinajstić information content (AvgIpc) is 3.19. The van der Waals surface area contributed by atoms with Gasteiger partial charge in [0.2, 0.25) is 0 Å². The lowest BCUT2D eigenvalue weighted by atomic mass is 10.2. The van der Waals surface area contributed by atoms with Crippen molar-refractivity contribution in [3.63, 3.8) is 0 Å². The highest BCUT2D eigenvalue weighted by Crippen LogP contribution is 2.34. The molecule has 0 aliphatic carbocycles. The number of carboxylic acids is 1. The van der Waals surface area contributed by atoms with Crippen LogP contribution in [0.5, 0.6) is 0 Å². The summed E-state index contributed by atoms with van der Waals surface area (Å²) in [6.07, 6.45) is 2.99. The summed E-state index contributed by atoms with van der Waals surface area (Å²) in [4.78, 5) is 25.4. The summed E-state index contributed by atoms with van der Waals surface area (Å²) in [7, 11) is 0. The molecule has 0 radical (unpaired) electrons. The van der Waals surface area contributed by atoms with Gasteiger partial charge in [0.05, 0.1) is 4.91 Å². The molecule has 1 N–H and O–H groups in total. The van der Waals surface area contributed by atoms with Gasteiger partial charge >= 0.3 is 5.97 Å². The van der Waals surface area contributed by atoms with E-state index in [1.165, 1.54) is 4.90 Å². The van der Waals surface area contributed by atoms with Gasteiger partial charge in [-0.1, -0.05) is 42.5 Å². The highest BCUT2D eigenvalue weighted by molar-refractivity contribution is 8.19. The molecule has 1 amide bonds. The summed E-state index contributed by atoms with van der Waals surface area (Å²) in [5.74, 6) is 0.555. The summed E-state index contributed by atoms with van der Waals surface area (Å²) in [5, 5.41) is 8.54. The number of carbonyl (C=O) groups excluding carboxylic acids is 1. The first-order valence-corrected chi connectivity index (χ1v) is 9.39. The third-order valence-corrected chi connectivity index (χ3v) is 5.35. The Labute approximate surface area is 160 Å². The van der Waals surface area contributed by atoms with Crippen molar-refractivity contribution in [2.45, 2.75) is 19.3 Å². The fraction of sp³-hybridized carbons (Fsp3) is 0.211. The number of aliphatic carboxylic acids is 1. The Hall–Kier alpha value is -2.38. The van der Waals surface area contributed by atoms with Crippen LogP contribution in [0.1, 0.15) is 25.0 Å². The zero-order valence-electron chi connectivity index (χ0n) is 13.9. The number of unbranched alkanes of at least 4 members (excludes halogenated alkanes) is 1. The predicted molar refractivity (Wildman–Crippen MR) is 106 cm³/mol. The number of benzene rings is 1. The molecule has 26 heavy (non-hydrogen) atoms. The Morgan fingerprint density at radius 1 is 1.19 bits per heavy atom. The number of amides is 1. The zero-order chi connectivity index (χ0) is 18.5. The molecule has 134 valence electrons. The first kappa shape index (κ1) is 18.4. The van der Waals surface area contributed by atoms with Crippen LogP contribution in [0.25, 0.3) is 17.4 Å². The second kappa shape index (κ2) is 8.33. The number of nitrogens with zero attached hydrogens (tertiary/aromatic N) is 1. The molecule has 1 fully saturated rings. The van der Waals surface area contributed by atoms with E-state index in [2.05, 4.69) is 0 Å². The van der Waals surface area contributed by atoms with Gasteiger partial charge in [-0.3, -0.25) is 14.5 Å². The lowest BCUT2D eigenvalue weighted by Gasteiger charge is -2.13. The van der Waals surface area contributed by atoms with E-state index in [1.807, 2.05) is 42.5 Å². The number of hydrogen-bond acceptors (Lipinski definition) is 5. The Kier molecular flexibility index (Phi) is 5.90. The van der Waals surface area contributed by atoms with Crippen LogP contribution < -0.4 is 0 Å². The van der Waals surface area contributed by atoms with Gasteiger partial charge in [-0.15, -0.1) is 0 Å². The minimum atomic E-state index is -0.831. The van der Waals surface area contributed by atoms with Crippen molar-refractivity contribution in [1.29, 1.82) is 0 Å². The van der Waals surface area contributed by atoms with Crippen LogP contribution in [0, 0.1) is 0 Å². The van der Waals surface area contributed by atoms with E-state index in [0.29, 0.717) is 35.0 Å². The quantitative estimate of drug-likeness (QED) is 0.408. The van der Waals surface area contributed by atoms with Crippen molar-refractivity contribution in [3.05, 3.63) is 53.1 Å². The summed E-state index contributed by atoms with van der Waals surface area (Å²) in [5.41, 5.74) is 0.981. The number of hydrogen-bond donors (Lipinski definition) is 1. The third kappa shape index (κ3) is 4.42. The molecule has 0 spiro atoms. The number of thiocarbonyl (C=S) groups is 1. The summed E-state index contributed by atoms with van der Waals surface area (Å²) < 4.78 is 5.83. The van der Waals surface area contributed by atoms with Crippen LogP contribution in [-0.2, 0) is 4.79 Å². The van der Waals surface area contributed by atoms with Crippen LogP contribution in [0.15, 0.2) is 51.8 Å². The minimum Gasteiger partial charge on any atom is -0.481 e. The molecule has 0 bridgehead atoms. The predicted octanol–water partition coefficient (Wildman–Crippen LogP) is 5.04. The van der Waals surface area contributed by atoms with Gasteiger partial charge in [-0.25, -0.2) is 0 Å². The van der Waals surface area contributed by atoms with Crippen molar-refractivity contribution < 1.29 is 19.1 Å². The van der Waals surface area contributed by atoms with Crippen LogP contribution in [-0.4, -0.2) is 32.7 Å². The molecule has 1 aromatic carbocycles. The van der Waals surface area contributed by atoms with Crippen molar-refractivity contribution >= 4 is 46.3 Å². The molecule has 3 rings (SSSR count). The standard InChI is InChI=1S/C19H17NO4S2/c21-17(22)8-4-5-11-20-18(25)16(26-19(20)23)12-14-9-10-15(24-14)13-6-2-1-3-7-13/h1-3,6-7,9-10,12H,4-5,8,11H2,(H,21,22). The van der Waals surface area contributed by atoms with Crippen molar-refractivity contribution in [1.82, 2.24) is 4.90 Å². The first-order chi connectivity index (χ1) is 12.5. The fourth-order valence-electron chi connectivity index (χ4n) is 2.56. The van der Waals surface area contributed by atoms with Gasteiger partial charge in [-0.05, 0) is 42.8 Å². The lowest BCUT2D eigenvalue weighted by molar-refractivity contribution is -0.137. The maximum atomic E-state index is 12.2. The number of furan rings is 1. The molecule has 7 heteroatoms. The summed E-state index contributed by atoms with van der Waals surface area (Å²) in [6.45, 7) is 0.433. The van der Waals surface area contributed by atoms with Gasteiger partial charge < -0.3 is 9.52 Å². The fourth-order valence-corrected chi connectivity index (χ4v) is 3.83.